The molecule has 2 fully saturated rings. The molecule has 4 aliphatic heterocycles. The maximum Gasteiger partial charge on any atom is 0.139 e. The smallest absolute Gasteiger partial charge is 0.139 e. The van der Waals surface area contributed by atoms with Crippen molar-refractivity contribution < 1.29 is 18.9 Å². The molecule has 0 atom stereocenters. The van der Waals surface area contributed by atoms with Gasteiger partial charge in [0.25, 0.3) is 0 Å². The number of nitrogens with zero attached hydrogens (tertiary/aromatic N) is 3. The Morgan fingerprint density at radius 1 is 0.656 bits per heavy atom. The molecule has 6 aromatic rings. The molecule has 1 N–H and O–H groups in total. The Morgan fingerprint density at radius 3 is 1.79 bits per heavy atom. The van der Waals surface area contributed by atoms with Crippen LogP contribution in [0.2, 0.25) is 15.1 Å². The SMILES string of the molecule is Brc1ccc2c(c1)NCC21CCOCC1.COc1cc2nc(C)c(C)c(Cl)c2cc1Cl.COc1cc2nc(C)c(C)c(N3CC4(CCOCC4)c4ccc(Br)cc43)c2cc1Cl. The summed E-state index contributed by atoms with van der Waals surface area (Å²) in [5.41, 5.74) is 12.9. The van der Waals surface area contributed by atoms with Crippen molar-refractivity contribution in [3.63, 3.8) is 0 Å². The molecule has 2 aromatic heterocycles. The summed E-state index contributed by atoms with van der Waals surface area (Å²) in [5, 5.41) is 7.27. The van der Waals surface area contributed by atoms with Crippen LogP contribution in [0.3, 0.4) is 0 Å². The summed E-state index contributed by atoms with van der Waals surface area (Å²) in [5.74, 6) is 1.26. The fourth-order valence-corrected chi connectivity index (χ4v) is 10.8. The van der Waals surface area contributed by atoms with E-state index in [1.807, 2.05) is 26.0 Å². The number of ether oxygens (including phenoxy) is 4. The van der Waals surface area contributed by atoms with Gasteiger partial charge in [0.15, 0.2) is 0 Å². The molecule has 0 bridgehead atoms. The molecule has 61 heavy (non-hydrogen) atoms. The Hall–Kier alpha value is -3.35. The summed E-state index contributed by atoms with van der Waals surface area (Å²) in [6.45, 7) is 13.5. The number of benzene rings is 4. The molecule has 0 saturated carbocycles. The fraction of sp³-hybridized carbons (Fsp3) is 0.375. The number of anilines is 3. The van der Waals surface area contributed by atoms with Gasteiger partial charge in [-0.2, -0.15) is 0 Å². The van der Waals surface area contributed by atoms with Gasteiger partial charge in [-0.1, -0.05) is 78.8 Å². The largest absolute Gasteiger partial charge is 0.495 e. The molecule has 13 heteroatoms. The van der Waals surface area contributed by atoms with E-state index >= 15 is 0 Å². The lowest BCUT2D eigenvalue weighted by atomic mass is 9.76. The number of nitrogens with one attached hydrogen (secondary N) is 1. The average molecular weight is 1010 g/mol. The number of halogens is 5. The highest BCUT2D eigenvalue weighted by atomic mass is 79.9. The molecule has 0 aliphatic carbocycles. The second-order valence-electron chi connectivity index (χ2n) is 16.4. The van der Waals surface area contributed by atoms with E-state index in [0.29, 0.717) is 32.0 Å². The molecule has 0 unspecified atom stereocenters. The number of hydrogen-bond acceptors (Lipinski definition) is 8. The van der Waals surface area contributed by atoms with Crippen LogP contribution in [0.1, 0.15) is 59.3 Å². The van der Waals surface area contributed by atoms with E-state index in [1.165, 1.54) is 33.8 Å². The molecular formula is C48H49Br2Cl3N4O4. The van der Waals surface area contributed by atoms with Crippen LogP contribution in [0.5, 0.6) is 11.5 Å². The van der Waals surface area contributed by atoms with Gasteiger partial charge in [0, 0.05) is 105 Å². The highest BCUT2D eigenvalue weighted by Crippen LogP contribution is 2.52. The minimum absolute atomic E-state index is 0.112. The average Bonchev–Trinajstić information content (AvgIpc) is 3.74. The fourth-order valence-electron chi connectivity index (χ4n) is 9.29. The van der Waals surface area contributed by atoms with E-state index in [9.17, 15) is 0 Å². The van der Waals surface area contributed by atoms with Gasteiger partial charge in [0.2, 0.25) is 0 Å². The van der Waals surface area contributed by atoms with Crippen LogP contribution in [-0.2, 0) is 20.3 Å². The predicted molar refractivity (Wildman–Crippen MR) is 258 cm³/mol. The zero-order valence-electron chi connectivity index (χ0n) is 35.2. The molecular weight excluding hydrogens is 963 g/mol. The third-order valence-electron chi connectivity index (χ3n) is 13.0. The second kappa shape index (κ2) is 18.0. The molecule has 0 amide bonds. The maximum absolute atomic E-state index is 6.55. The molecule has 320 valence electrons. The van der Waals surface area contributed by atoms with Gasteiger partial charge < -0.3 is 29.2 Å². The van der Waals surface area contributed by atoms with Crippen molar-refractivity contribution in [3.8, 4) is 11.5 Å². The standard InChI is InChI=1S/C24H24BrClN2O2.C12H14BrNO.C12H11Cl2NO/c1-14-15(2)27-20-12-22(29-3)19(26)11-17(20)23(14)28-13-24(6-8-30-9-7-24)18-5-4-16(25)10-21(18)28;13-9-1-2-10-11(7-9)14-8-12(10)3-5-15-6-4-12;1-6-7(2)15-10-5-11(16-3)9(13)4-8(10)12(6)14/h4-5,10-12H,6-9,13H2,1-3H3;1-2,7,14H,3-6,8H2;4-5H,1-3H3. The van der Waals surface area contributed by atoms with E-state index < -0.39 is 0 Å². The molecule has 4 aliphatic rings. The number of hydrogen-bond donors (Lipinski definition) is 1. The number of aryl methyl sites for hydroxylation is 2. The van der Waals surface area contributed by atoms with Crippen molar-refractivity contribution in [3.05, 3.63) is 118 Å². The first kappa shape index (κ1) is 44.3. The van der Waals surface area contributed by atoms with Crippen molar-refractivity contribution in [1.29, 1.82) is 0 Å². The lowest BCUT2D eigenvalue weighted by Crippen LogP contribution is -2.37. The van der Waals surface area contributed by atoms with E-state index in [2.05, 4.69) is 97.3 Å². The second-order valence-corrected chi connectivity index (χ2v) is 19.4. The number of pyridine rings is 2. The quantitative estimate of drug-likeness (QED) is 0.188. The Labute approximate surface area is 389 Å². The molecule has 2 spiro atoms. The van der Waals surface area contributed by atoms with E-state index in [-0.39, 0.29) is 5.41 Å². The lowest BCUT2D eigenvalue weighted by Gasteiger charge is -2.35. The third-order valence-corrected chi connectivity index (χ3v) is 15.1. The van der Waals surface area contributed by atoms with Gasteiger partial charge in [-0.05, 0) is 112 Å². The molecule has 10 rings (SSSR count). The number of rotatable bonds is 3. The minimum atomic E-state index is 0.112. The molecule has 6 heterocycles. The van der Waals surface area contributed by atoms with E-state index in [4.69, 9.17) is 58.7 Å². The molecule has 0 radical (unpaired) electrons. The normalized spacial score (nSPS) is 17.0. The zero-order valence-corrected chi connectivity index (χ0v) is 40.6. The maximum atomic E-state index is 6.55. The Kier molecular flexibility index (Phi) is 13.1. The minimum Gasteiger partial charge on any atom is -0.495 e. The topological polar surface area (TPSA) is 78.0 Å². The van der Waals surface area contributed by atoms with Gasteiger partial charge in [-0.15, -0.1) is 0 Å². The first-order valence-electron chi connectivity index (χ1n) is 20.5. The van der Waals surface area contributed by atoms with Crippen molar-refractivity contribution in [1.82, 2.24) is 9.97 Å². The molecule has 8 nitrogen and oxygen atoms in total. The Balaban J connectivity index is 0.000000139. The molecule has 2 saturated heterocycles. The van der Waals surface area contributed by atoms with Crippen LogP contribution in [0.25, 0.3) is 21.8 Å². The monoisotopic (exact) mass is 1010 g/mol. The summed E-state index contributed by atoms with van der Waals surface area (Å²) >= 11 is 26.1. The summed E-state index contributed by atoms with van der Waals surface area (Å²) in [6, 6.07) is 20.8. The van der Waals surface area contributed by atoms with Crippen LogP contribution in [0, 0.1) is 27.7 Å². The van der Waals surface area contributed by atoms with Crippen molar-refractivity contribution in [2.45, 2.75) is 64.2 Å². The van der Waals surface area contributed by atoms with Crippen LogP contribution in [0.4, 0.5) is 17.1 Å². The Bertz CT molecular complexity index is 2650. The first-order chi connectivity index (χ1) is 29.3. The van der Waals surface area contributed by atoms with Crippen LogP contribution >= 0.6 is 66.7 Å². The van der Waals surface area contributed by atoms with Gasteiger partial charge in [0.05, 0.1) is 46.0 Å². The van der Waals surface area contributed by atoms with E-state index in [0.717, 1.165) is 113 Å². The van der Waals surface area contributed by atoms with Crippen molar-refractivity contribution >= 4 is 106 Å². The van der Waals surface area contributed by atoms with Crippen LogP contribution < -0.4 is 19.7 Å². The number of aromatic nitrogens is 2. The first-order valence-corrected chi connectivity index (χ1v) is 23.2. The Morgan fingerprint density at radius 2 is 1.18 bits per heavy atom. The summed E-state index contributed by atoms with van der Waals surface area (Å²) in [4.78, 5) is 11.8. The van der Waals surface area contributed by atoms with Crippen molar-refractivity contribution in [2.24, 2.45) is 0 Å². The lowest BCUT2D eigenvalue weighted by molar-refractivity contribution is 0.0558. The van der Waals surface area contributed by atoms with Gasteiger partial charge in [-0.3, -0.25) is 9.97 Å². The van der Waals surface area contributed by atoms with E-state index in [1.54, 1.807) is 26.4 Å². The number of methoxy groups -OCH3 is 2. The van der Waals surface area contributed by atoms with Crippen LogP contribution in [-0.4, -0.2) is 63.7 Å². The zero-order chi connectivity index (χ0) is 43.2. The number of fused-ring (bicyclic) bond motifs is 6. The van der Waals surface area contributed by atoms with Gasteiger partial charge >= 0.3 is 0 Å². The summed E-state index contributed by atoms with van der Waals surface area (Å²) in [7, 11) is 3.22. The van der Waals surface area contributed by atoms with Gasteiger partial charge in [-0.25, -0.2) is 0 Å². The predicted octanol–water partition coefficient (Wildman–Crippen LogP) is 13.6. The summed E-state index contributed by atoms with van der Waals surface area (Å²) < 4.78 is 24.0. The summed E-state index contributed by atoms with van der Waals surface area (Å²) in [6.07, 6.45) is 4.37. The molecule has 4 aromatic carbocycles. The highest BCUT2D eigenvalue weighted by Gasteiger charge is 2.45. The highest BCUT2D eigenvalue weighted by molar-refractivity contribution is 9.10. The van der Waals surface area contributed by atoms with Gasteiger partial charge in [0.1, 0.15) is 11.5 Å². The van der Waals surface area contributed by atoms with Crippen LogP contribution in [0.15, 0.2) is 69.6 Å². The van der Waals surface area contributed by atoms with Crippen molar-refractivity contribution in [2.75, 3.05) is 64.0 Å². The third kappa shape index (κ3) is 8.43.